The van der Waals surface area contributed by atoms with Crippen LogP contribution in [0.15, 0.2) is 23.1 Å². The molecule has 2 atom stereocenters. The van der Waals surface area contributed by atoms with Gasteiger partial charge in [-0.05, 0) is 19.9 Å². The molecule has 3 nitrogen and oxygen atoms in total. The van der Waals surface area contributed by atoms with Gasteiger partial charge in [-0.3, -0.25) is 9.00 Å². The van der Waals surface area contributed by atoms with Crippen LogP contribution in [0.1, 0.15) is 33.6 Å². The van der Waals surface area contributed by atoms with Gasteiger partial charge in [0.05, 0.1) is 0 Å². The zero-order chi connectivity index (χ0) is 13.4. The summed E-state index contributed by atoms with van der Waals surface area (Å²) >= 11 is 0. The molecule has 0 heterocycles. The van der Waals surface area contributed by atoms with Crippen LogP contribution in [0, 0.1) is 5.92 Å². The fourth-order valence-electron chi connectivity index (χ4n) is 1.23. The van der Waals surface area contributed by atoms with Gasteiger partial charge in [0.25, 0.3) is 0 Å². The Kier molecular flexibility index (Phi) is 7.63. The largest absolute Gasteiger partial charge is 0.300 e. The van der Waals surface area contributed by atoms with Gasteiger partial charge in [0.15, 0.2) is 0 Å². The van der Waals surface area contributed by atoms with Crippen molar-refractivity contribution in [1.29, 1.82) is 0 Å². The highest BCUT2D eigenvalue weighted by Crippen LogP contribution is 2.09. The molecule has 0 aromatic rings. The van der Waals surface area contributed by atoms with Crippen LogP contribution in [-0.2, 0) is 20.4 Å². The highest BCUT2D eigenvalue weighted by Gasteiger charge is 2.10. The highest BCUT2D eigenvalue weighted by molar-refractivity contribution is 7.88. The quantitative estimate of drug-likeness (QED) is 0.657. The van der Waals surface area contributed by atoms with Crippen molar-refractivity contribution in [2.75, 3.05) is 6.26 Å². The number of ketones is 2. The fraction of sp³-hybridized carbons (Fsp3) is 0.538. The Balaban J connectivity index is 4.38. The Bertz CT molecular complexity index is 367. The number of rotatable bonds is 7. The van der Waals surface area contributed by atoms with Crippen LogP contribution in [0.2, 0.25) is 0 Å². The number of carbonyl (C=O) groups excluding carboxylic acids is 2. The summed E-state index contributed by atoms with van der Waals surface area (Å²) in [5.41, 5.74) is 0. The lowest BCUT2D eigenvalue weighted by atomic mass is 10.0. The van der Waals surface area contributed by atoms with E-state index in [1.807, 2.05) is 6.92 Å². The lowest BCUT2D eigenvalue weighted by molar-refractivity contribution is -0.124. The molecule has 0 rings (SSSR count). The zero-order valence-electron chi connectivity index (χ0n) is 10.9. The summed E-state index contributed by atoms with van der Waals surface area (Å²) in [7, 11) is -1.04. The predicted molar refractivity (Wildman–Crippen MR) is 71.0 cm³/mol. The van der Waals surface area contributed by atoms with Crippen molar-refractivity contribution in [3.8, 4) is 0 Å². The summed E-state index contributed by atoms with van der Waals surface area (Å²) in [6.07, 6.45) is 7.39. The van der Waals surface area contributed by atoms with E-state index < -0.39 is 10.8 Å². The standard InChI is InChI=1S/C13H20O3S/c1-5-12(17(4)16)8-6-10(2)13(15)9-7-11(3)14/h5-6,8,10H,7,9H2,1-4H3/b8-6-,12-5+. The third kappa shape index (κ3) is 7.00. The minimum absolute atomic E-state index is 0.0262. The number of allylic oxidation sites excluding steroid dienone is 3. The molecule has 0 aromatic heterocycles. The Morgan fingerprint density at radius 3 is 2.29 bits per heavy atom. The molecule has 0 aliphatic heterocycles. The van der Waals surface area contributed by atoms with E-state index in [0.717, 1.165) is 0 Å². The molecule has 0 saturated heterocycles. The highest BCUT2D eigenvalue weighted by atomic mass is 32.2. The topological polar surface area (TPSA) is 51.2 Å². The number of carbonyl (C=O) groups is 2. The maximum atomic E-state index is 11.6. The third-order valence-corrected chi connectivity index (χ3v) is 3.43. The Morgan fingerprint density at radius 2 is 1.88 bits per heavy atom. The van der Waals surface area contributed by atoms with Gasteiger partial charge in [-0.25, -0.2) is 0 Å². The second-order valence-electron chi connectivity index (χ2n) is 3.96. The minimum atomic E-state index is -1.04. The van der Waals surface area contributed by atoms with Gasteiger partial charge in [-0.2, -0.15) is 0 Å². The van der Waals surface area contributed by atoms with E-state index >= 15 is 0 Å². The van der Waals surface area contributed by atoms with Gasteiger partial charge >= 0.3 is 0 Å². The first-order valence-electron chi connectivity index (χ1n) is 5.58. The Labute approximate surface area is 105 Å². The molecule has 4 heteroatoms. The summed E-state index contributed by atoms with van der Waals surface area (Å²) in [4.78, 5) is 23.1. The second-order valence-corrected chi connectivity index (χ2v) is 5.34. The average Bonchev–Trinajstić information content (AvgIpc) is 2.25. The van der Waals surface area contributed by atoms with Gasteiger partial charge in [-0.1, -0.05) is 19.1 Å². The van der Waals surface area contributed by atoms with E-state index in [1.165, 1.54) is 6.92 Å². The maximum absolute atomic E-state index is 11.6. The van der Waals surface area contributed by atoms with E-state index in [4.69, 9.17) is 0 Å². The molecule has 0 spiro atoms. The maximum Gasteiger partial charge on any atom is 0.139 e. The van der Waals surface area contributed by atoms with Gasteiger partial charge in [0.1, 0.15) is 11.6 Å². The van der Waals surface area contributed by atoms with Crippen LogP contribution in [0.25, 0.3) is 0 Å². The van der Waals surface area contributed by atoms with Gasteiger partial charge in [0.2, 0.25) is 0 Å². The minimum Gasteiger partial charge on any atom is -0.300 e. The first kappa shape index (κ1) is 16.0. The summed E-state index contributed by atoms with van der Waals surface area (Å²) in [5, 5.41) is 0. The normalized spacial score (nSPS) is 15.9. The molecule has 0 N–H and O–H groups in total. The first-order valence-corrected chi connectivity index (χ1v) is 7.14. The molecule has 0 fully saturated rings. The summed E-state index contributed by atoms with van der Waals surface area (Å²) in [5.74, 6) is -0.181. The van der Waals surface area contributed by atoms with Crippen LogP contribution in [0.3, 0.4) is 0 Å². The Hall–Kier alpha value is -1.03. The number of hydrogen-bond donors (Lipinski definition) is 0. The molecule has 0 saturated carbocycles. The third-order valence-electron chi connectivity index (χ3n) is 2.40. The number of hydrogen-bond acceptors (Lipinski definition) is 3. The molecule has 0 aliphatic carbocycles. The van der Waals surface area contributed by atoms with Crippen LogP contribution >= 0.6 is 0 Å². The van der Waals surface area contributed by atoms with Crippen molar-refractivity contribution in [1.82, 2.24) is 0 Å². The van der Waals surface area contributed by atoms with Crippen molar-refractivity contribution in [2.45, 2.75) is 33.6 Å². The molecule has 0 bridgehead atoms. The smallest absolute Gasteiger partial charge is 0.139 e. The SMILES string of the molecule is C/C=C(\C=C/C(C)C(=O)CCC(C)=O)S(C)=O. The van der Waals surface area contributed by atoms with Gasteiger partial charge in [0, 0.05) is 40.7 Å². The van der Waals surface area contributed by atoms with E-state index in [1.54, 1.807) is 31.4 Å². The van der Waals surface area contributed by atoms with Crippen molar-refractivity contribution >= 4 is 22.4 Å². The number of Topliss-reactive ketones (excluding diaryl/α,β-unsaturated/α-hetero) is 2. The van der Waals surface area contributed by atoms with Crippen molar-refractivity contribution in [3.05, 3.63) is 23.1 Å². The second kappa shape index (κ2) is 8.12. The van der Waals surface area contributed by atoms with Crippen molar-refractivity contribution in [2.24, 2.45) is 5.92 Å². The van der Waals surface area contributed by atoms with E-state index in [-0.39, 0.29) is 23.9 Å². The predicted octanol–water partition coefficient (Wildman–Crippen LogP) is 2.40. The first-order chi connectivity index (χ1) is 7.88. The lowest BCUT2D eigenvalue weighted by Crippen LogP contribution is -2.09. The monoisotopic (exact) mass is 256 g/mol. The summed E-state index contributed by atoms with van der Waals surface area (Å²) < 4.78 is 11.2. The van der Waals surface area contributed by atoms with Crippen LogP contribution in [0.5, 0.6) is 0 Å². The summed E-state index contributed by atoms with van der Waals surface area (Å²) in [6, 6.07) is 0. The van der Waals surface area contributed by atoms with Crippen LogP contribution in [-0.4, -0.2) is 22.0 Å². The molecule has 0 aliphatic rings. The van der Waals surface area contributed by atoms with Crippen LogP contribution in [0.4, 0.5) is 0 Å². The lowest BCUT2D eigenvalue weighted by Gasteiger charge is -2.04. The zero-order valence-corrected chi connectivity index (χ0v) is 11.7. The van der Waals surface area contributed by atoms with Crippen molar-refractivity contribution in [3.63, 3.8) is 0 Å². The molecular weight excluding hydrogens is 236 g/mol. The van der Waals surface area contributed by atoms with E-state index in [9.17, 15) is 13.8 Å². The molecule has 0 aromatic carbocycles. The molecule has 96 valence electrons. The Morgan fingerprint density at radius 1 is 1.29 bits per heavy atom. The fourth-order valence-corrected chi connectivity index (χ4v) is 1.83. The average molecular weight is 256 g/mol. The van der Waals surface area contributed by atoms with E-state index in [0.29, 0.717) is 11.3 Å². The molecule has 17 heavy (non-hydrogen) atoms. The molecule has 2 unspecified atom stereocenters. The van der Waals surface area contributed by atoms with Crippen LogP contribution < -0.4 is 0 Å². The van der Waals surface area contributed by atoms with E-state index in [2.05, 4.69) is 0 Å². The van der Waals surface area contributed by atoms with Crippen molar-refractivity contribution < 1.29 is 13.8 Å². The van der Waals surface area contributed by atoms with Gasteiger partial charge < -0.3 is 4.79 Å². The molecule has 0 amide bonds. The van der Waals surface area contributed by atoms with Gasteiger partial charge in [-0.15, -0.1) is 0 Å². The molecular formula is C13H20O3S. The summed E-state index contributed by atoms with van der Waals surface area (Å²) in [6.45, 7) is 5.07. The molecule has 0 radical (unpaired) electrons.